The minimum absolute atomic E-state index is 0.0462. The molecule has 1 aromatic carbocycles. The predicted octanol–water partition coefficient (Wildman–Crippen LogP) is 5.23. The Morgan fingerprint density at radius 3 is 2.73 bits per heavy atom. The average Bonchev–Trinajstić information content (AvgIpc) is 3.18. The van der Waals surface area contributed by atoms with Gasteiger partial charge in [-0.1, -0.05) is 74.4 Å². The summed E-state index contributed by atoms with van der Waals surface area (Å²) in [6, 6.07) is 10.6. The fourth-order valence-corrected chi connectivity index (χ4v) is 4.18. The van der Waals surface area contributed by atoms with E-state index in [0.717, 1.165) is 38.5 Å². The SMILES string of the molecule is COC(=O)CCCC=CCN1C(=O)CCC1C=C[C@@H](O)[C@@H](C)CCCCCc1ccccc1. The topological polar surface area (TPSA) is 66.8 Å². The molecule has 3 atom stereocenters. The normalized spacial score (nSPS) is 18.3. The molecule has 1 aromatic rings. The molecule has 1 saturated heterocycles. The molecule has 1 fully saturated rings. The van der Waals surface area contributed by atoms with Crippen molar-refractivity contribution >= 4 is 11.9 Å². The number of benzene rings is 1. The largest absolute Gasteiger partial charge is 0.469 e. The van der Waals surface area contributed by atoms with Crippen molar-refractivity contribution < 1.29 is 19.4 Å². The van der Waals surface area contributed by atoms with Gasteiger partial charge in [0.2, 0.25) is 5.91 Å². The number of hydrogen-bond acceptors (Lipinski definition) is 4. The van der Waals surface area contributed by atoms with Crippen LogP contribution in [-0.4, -0.2) is 47.7 Å². The number of ether oxygens (including phenoxy) is 1. The Kier molecular flexibility index (Phi) is 12.6. The molecule has 2 rings (SSSR count). The number of nitrogens with zero attached hydrogens (tertiary/aromatic N) is 1. The summed E-state index contributed by atoms with van der Waals surface area (Å²) in [6.07, 6.45) is 16.3. The number of amides is 1. The van der Waals surface area contributed by atoms with Gasteiger partial charge >= 0.3 is 5.97 Å². The number of methoxy groups -OCH3 is 1. The van der Waals surface area contributed by atoms with Gasteiger partial charge in [-0.15, -0.1) is 0 Å². The van der Waals surface area contributed by atoms with Crippen LogP contribution in [0, 0.1) is 5.92 Å². The predicted molar refractivity (Wildman–Crippen MR) is 133 cm³/mol. The highest BCUT2D eigenvalue weighted by Crippen LogP contribution is 2.21. The molecule has 0 radical (unpaired) electrons. The van der Waals surface area contributed by atoms with Crippen LogP contribution in [0.25, 0.3) is 0 Å². The summed E-state index contributed by atoms with van der Waals surface area (Å²) in [6.45, 7) is 2.67. The molecule has 1 aliphatic heterocycles. The number of esters is 1. The molecule has 33 heavy (non-hydrogen) atoms. The van der Waals surface area contributed by atoms with Crippen molar-refractivity contribution in [3.8, 4) is 0 Å². The number of carbonyl (C=O) groups is 2. The molecular weight excluding hydrogens is 414 g/mol. The molecule has 1 heterocycles. The first-order valence-corrected chi connectivity index (χ1v) is 12.4. The second-order valence-corrected chi connectivity index (χ2v) is 9.03. The molecule has 5 nitrogen and oxygen atoms in total. The van der Waals surface area contributed by atoms with Crippen LogP contribution in [0.3, 0.4) is 0 Å². The highest BCUT2D eigenvalue weighted by Gasteiger charge is 2.28. The maximum Gasteiger partial charge on any atom is 0.305 e. The first-order chi connectivity index (χ1) is 16.0. The quantitative estimate of drug-likeness (QED) is 0.223. The molecule has 1 aliphatic rings. The van der Waals surface area contributed by atoms with Gasteiger partial charge in [0.1, 0.15) is 0 Å². The van der Waals surface area contributed by atoms with Gasteiger partial charge < -0.3 is 14.7 Å². The Morgan fingerprint density at radius 2 is 1.97 bits per heavy atom. The zero-order valence-electron chi connectivity index (χ0n) is 20.3. The van der Waals surface area contributed by atoms with Crippen LogP contribution >= 0.6 is 0 Å². The van der Waals surface area contributed by atoms with Gasteiger partial charge in [-0.25, -0.2) is 0 Å². The highest BCUT2D eigenvalue weighted by atomic mass is 16.5. The van der Waals surface area contributed by atoms with Gasteiger partial charge in [-0.2, -0.15) is 0 Å². The fourth-order valence-electron chi connectivity index (χ4n) is 4.18. The van der Waals surface area contributed by atoms with Gasteiger partial charge in [-0.05, 0) is 50.0 Å². The van der Waals surface area contributed by atoms with Gasteiger partial charge in [0.15, 0.2) is 0 Å². The summed E-state index contributed by atoms with van der Waals surface area (Å²) in [5, 5.41) is 10.6. The molecule has 0 saturated carbocycles. The number of aryl methyl sites for hydroxylation is 1. The fraction of sp³-hybridized carbons (Fsp3) is 0.571. The van der Waals surface area contributed by atoms with Crippen molar-refractivity contribution in [3.63, 3.8) is 0 Å². The Morgan fingerprint density at radius 1 is 1.18 bits per heavy atom. The number of hydrogen-bond donors (Lipinski definition) is 1. The average molecular weight is 456 g/mol. The van der Waals surface area contributed by atoms with Gasteiger partial charge in [0.05, 0.1) is 19.3 Å². The van der Waals surface area contributed by atoms with E-state index >= 15 is 0 Å². The molecule has 1 unspecified atom stereocenters. The highest BCUT2D eigenvalue weighted by molar-refractivity contribution is 5.79. The van der Waals surface area contributed by atoms with E-state index in [0.29, 0.717) is 19.4 Å². The number of carbonyl (C=O) groups excluding carboxylic acids is 2. The summed E-state index contributed by atoms with van der Waals surface area (Å²) >= 11 is 0. The molecule has 5 heteroatoms. The van der Waals surface area contributed by atoms with E-state index in [4.69, 9.17) is 0 Å². The number of aliphatic hydroxyl groups is 1. The van der Waals surface area contributed by atoms with Crippen molar-refractivity contribution in [2.75, 3.05) is 13.7 Å². The van der Waals surface area contributed by atoms with Crippen molar-refractivity contribution in [1.29, 1.82) is 0 Å². The maximum atomic E-state index is 12.3. The molecule has 0 aromatic heterocycles. The lowest BCUT2D eigenvalue weighted by atomic mass is 9.95. The Labute approximate surface area is 199 Å². The third-order valence-electron chi connectivity index (χ3n) is 6.40. The van der Waals surface area contributed by atoms with E-state index in [1.807, 2.05) is 35.3 Å². The zero-order chi connectivity index (χ0) is 23.9. The number of likely N-dealkylation sites (tertiary alicyclic amines) is 1. The van der Waals surface area contributed by atoms with Crippen LogP contribution < -0.4 is 0 Å². The third-order valence-corrected chi connectivity index (χ3v) is 6.40. The molecule has 1 N–H and O–H groups in total. The zero-order valence-corrected chi connectivity index (χ0v) is 20.3. The van der Waals surface area contributed by atoms with Crippen LogP contribution in [0.15, 0.2) is 54.6 Å². The number of allylic oxidation sites excluding steroid dienone is 1. The molecule has 0 spiro atoms. The van der Waals surface area contributed by atoms with Crippen LogP contribution in [0.2, 0.25) is 0 Å². The summed E-state index contributed by atoms with van der Waals surface area (Å²) in [4.78, 5) is 25.2. The van der Waals surface area contributed by atoms with E-state index in [-0.39, 0.29) is 23.8 Å². The first-order valence-electron chi connectivity index (χ1n) is 12.4. The van der Waals surface area contributed by atoms with Crippen LogP contribution in [0.5, 0.6) is 0 Å². The van der Waals surface area contributed by atoms with E-state index < -0.39 is 6.10 Å². The Bertz CT molecular complexity index is 758. The summed E-state index contributed by atoms with van der Waals surface area (Å²) in [7, 11) is 1.40. The second kappa shape index (κ2) is 15.4. The summed E-state index contributed by atoms with van der Waals surface area (Å²) in [5.74, 6) is 0.173. The smallest absolute Gasteiger partial charge is 0.305 e. The Balaban J connectivity index is 1.66. The lowest BCUT2D eigenvalue weighted by Gasteiger charge is -2.22. The minimum Gasteiger partial charge on any atom is -0.469 e. The van der Waals surface area contributed by atoms with Gasteiger partial charge in [0.25, 0.3) is 0 Å². The van der Waals surface area contributed by atoms with E-state index in [1.165, 1.54) is 25.5 Å². The van der Waals surface area contributed by atoms with E-state index in [9.17, 15) is 14.7 Å². The maximum absolute atomic E-state index is 12.3. The Hall–Kier alpha value is -2.40. The standard InChI is InChI=1S/C28H41NO4/c1-23(13-7-5-8-14-24-15-9-6-10-16-24)26(30)20-18-25-19-21-27(31)29(25)22-12-4-3-11-17-28(32)33-2/h4,6,9-10,12,15-16,18,20,23,25-26,30H,3,5,7-8,11,13-14,17,19,21-22H2,1-2H3/t23-,25?,26+/m0/s1. The molecule has 1 amide bonds. The third kappa shape index (κ3) is 10.4. The van der Waals surface area contributed by atoms with Crippen molar-refractivity contribution in [1.82, 2.24) is 4.90 Å². The first kappa shape index (κ1) is 26.8. The van der Waals surface area contributed by atoms with Crippen LogP contribution in [0.4, 0.5) is 0 Å². The second-order valence-electron chi connectivity index (χ2n) is 9.03. The van der Waals surface area contributed by atoms with Crippen molar-refractivity contribution in [3.05, 3.63) is 60.2 Å². The molecule has 0 bridgehead atoms. The summed E-state index contributed by atoms with van der Waals surface area (Å²) in [5.41, 5.74) is 1.39. The monoisotopic (exact) mass is 455 g/mol. The lowest BCUT2D eigenvalue weighted by molar-refractivity contribution is -0.140. The number of aliphatic hydroxyl groups excluding tert-OH is 1. The van der Waals surface area contributed by atoms with Crippen molar-refractivity contribution in [2.45, 2.75) is 83.3 Å². The summed E-state index contributed by atoms with van der Waals surface area (Å²) < 4.78 is 4.63. The van der Waals surface area contributed by atoms with Gasteiger partial charge in [-0.3, -0.25) is 9.59 Å². The van der Waals surface area contributed by atoms with Crippen molar-refractivity contribution in [2.24, 2.45) is 5.92 Å². The van der Waals surface area contributed by atoms with Crippen LogP contribution in [0.1, 0.15) is 70.3 Å². The lowest BCUT2D eigenvalue weighted by Crippen LogP contribution is -2.32. The molecule has 182 valence electrons. The number of rotatable bonds is 15. The van der Waals surface area contributed by atoms with Crippen LogP contribution in [-0.2, 0) is 20.7 Å². The number of unbranched alkanes of at least 4 members (excludes halogenated alkanes) is 3. The van der Waals surface area contributed by atoms with E-state index in [2.05, 4.69) is 35.9 Å². The molecule has 0 aliphatic carbocycles. The van der Waals surface area contributed by atoms with Gasteiger partial charge in [0, 0.05) is 19.4 Å². The van der Waals surface area contributed by atoms with E-state index in [1.54, 1.807) is 0 Å². The minimum atomic E-state index is -0.481. The molecular formula is C28H41NO4.